The van der Waals surface area contributed by atoms with Crippen molar-refractivity contribution in [1.29, 1.82) is 0 Å². The molecule has 0 aliphatic carbocycles. The van der Waals surface area contributed by atoms with Crippen LogP contribution in [0.3, 0.4) is 0 Å². The summed E-state index contributed by atoms with van der Waals surface area (Å²) in [4.78, 5) is 19.4. The number of ketones is 1. The molecule has 0 bridgehead atoms. The fraction of sp³-hybridized carbons (Fsp3) is 0.182. The lowest BCUT2D eigenvalue weighted by Crippen LogP contribution is -2.03. The zero-order valence-corrected chi connectivity index (χ0v) is 8.30. The van der Waals surface area contributed by atoms with Gasteiger partial charge in [-0.1, -0.05) is 0 Å². The van der Waals surface area contributed by atoms with E-state index < -0.39 is 0 Å². The average molecular weight is 202 g/mol. The molecule has 0 radical (unpaired) electrons. The lowest BCUT2D eigenvalue weighted by molar-refractivity contribution is 0.0964. The third-order valence-corrected chi connectivity index (χ3v) is 2.00. The van der Waals surface area contributed by atoms with Crippen LogP contribution in [-0.4, -0.2) is 15.8 Å². The van der Waals surface area contributed by atoms with Crippen LogP contribution in [0.5, 0.6) is 0 Å². The Kier molecular flexibility index (Phi) is 2.58. The summed E-state index contributed by atoms with van der Waals surface area (Å²) < 4.78 is 5.22. The highest BCUT2D eigenvalue weighted by Gasteiger charge is 2.11. The first-order valence-electron chi connectivity index (χ1n) is 4.60. The summed E-state index contributed by atoms with van der Waals surface area (Å²) in [5, 5.41) is 0. The zero-order valence-electron chi connectivity index (χ0n) is 8.30. The Hall–Kier alpha value is -1.97. The predicted octanol–water partition coefficient (Wildman–Crippen LogP) is 1.80. The number of carbonyl (C=O) groups is 1. The summed E-state index contributed by atoms with van der Waals surface area (Å²) in [7, 11) is 0. The largest absolute Gasteiger partial charge is 0.458 e. The molecule has 2 aromatic rings. The number of furan rings is 1. The standard InChI is InChI=1S/C11H10N2O2/c1-8-2-3-11(15-8)10(14)6-9-4-5-12-7-13-9/h2-5,7H,6H2,1H3. The van der Waals surface area contributed by atoms with Crippen LogP contribution in [0.15, 0.2) is 35.1 Å². The first kappa shape index (κ1) is 9.58. The van der Waals surface area contributed by atoms with Gasteiger partial charge in [-0.3, -0.25) is 4.79 Å². The molecule has 4 heteroatoms. The van der Waals surface area contributed by atoms with Gasteiger partial charge in [-0.15, -0.1) is 0 Å². The van der Waals surface area contributed by atoms with E-state index >= 15 is 0 Å². The molecule has 0 N–H and O–H groups in total. The third kappa shape index (κ3) is 2.28. The smallest absolute Gasteiger partial charge is 0.203 e. The highest BCUT2D eigenvalue weighted by Crippen LogP contribution is 2.09. The van der Waals surface area contributed by atoms with Crippen LogP contribution in [0.2, 0.25) is 0 Å². The molecule has 0 aliphatic heterocycles. The van der Waals surface area contributed by atoms with Crippen molar-refractivity contribution in [2.45, 2.75) is 13.3 Å². The van der Waals surface area contributed by atoms with Gasteiger partial charge in [-0.2, -0.15) is 0 Å². The highest BCUT2D eigenvalue weighted by molar-refractivity contribution is 5.94. The fourth-order valence-corrected chi connectivity index (χ4v) is 1.26. The molecular weight excluding hydrogens is 192 g/mol. The van der Waals surface area contributed by atoms with E-state index in [0.29, 0.717) is 11.5 Å². The number of aryl methyl sites for hydroxylation is 1. The van der Waals surface area contributed by atoms with Crippen LogP contribution in [0, 0.1) is 6.92 Å². The van der Waals surface area contributed by atoms with Crippen molar-refractivity contribution in [3.8, 4) is 0 Å². The van der Waals surface area contributed by atoms with Crippen molar-refractivity contribution in [1.82, 2.24) is 9.97 Å². The van der Waals surface area contributed by atoms with Crippen LogP contribution in [0.4, 0.5) is 0 Å². The molecule has 0 unspecified atom stereocenters. The van der Waals surface area contributed by atoms with E-state index in [0.717, 1.165) is 5.76 Å². The number of hydrogen-bond donors (Lipinski definition) is 0. The zero-order chi connectivity index (χ0) is 10.7. The number of nitrogens with zero attached hydrogens (tertiary/aromatic N) is 2. The molecule has 76 valence electrons. The van der Waals surface area contributed by atoms with E-state index in [1.165, 1.54) is 6.33 Å². The molecule has 2 aromatic heterocycles. The van der Waals surface area contributed by atoms with Gasteiger partial charge in [0.2, 0.25) is 5.78 Å². The fourth-order valence-electron chi connectivity index (χ4n) is 1.26. The summed E-state index contributed by atoms with van der Waals surface area (Å²) in [6.45, 7) is 1.81. The SMILES string of the molecule is Cc1ccc(C(=O)Cc2ccncn2)o1. The highest BCUT2D eigenvalue weighted by atomic mass is 16.3. The topological polar surface area (TPSA) is 56.0 Å². The van der Waals surface area contributed by atoms with Crippen molar-refractivity contribution < 1.29 is 9.21 Å². The Balaban J connectivity index is 2.11. The summed E-state index contributed by atoms with van der Waals surface area (Å²) >= 11 is 0. The van der Waals surface area contributed by atoms with Gasteiger partial charge < -0.3 is 4.42 Å². The minimum Gasteiger partial charge on any atom is -0.458 e. The summed E-state index contributed by atoms with van der Waals surface area (Å²) in [5.41, 5.74) is 0.698. The first-order valence-corrected chi connectivity index (χ1v) is 4.60. The van der Waals surface area contributed by atoms with Crippen LogP contribution < -0.4 is 0 Å². The molecule has 4 nitrogen and oxygen atoms in total. The van der Waals surface area contributed by atoms with Crippen LogP contribution >= 0.6 is 0 Å². The average Bonchev–Trinajstić information content (AvgIpc) is 2.66. The lowest BCUT2D eigenvalue weighted by atomic mass is 10.2. The summed E-state index contributed by atoms with van der Waals surface area (Å²) in [6.07, 6.45) is 3.29. The molecular formula is C11H10N2O2. The number of aromatic nitrogens is 2. The molecule has 0 amide bonds. The molecule has 0 aromatic carbocycles. The molecule has 2 heterocycles. The van der Waals surface area contributed by atoms with E-state index in [-0.39, 0.29) is 12.2 Å². The van der Waals surface area contributed by atoms with Gasteiger partial charge in [0, 0.05) is 6.20 Å². The summed E-state index contributed by atoms with van der Waals surface area (Å²) in [6, 6.07) is 5.17. The molecule has 0 aliphatic rings. The molecule has 2 rings (SSSR count). The van der Waals surface area contributed by atoms with Gasteiger partial charge in [-0.05, 0) is 25.1 Å². The van der Waals surface area contributed by atoms with E-state index in [1.54, 1.807) is 24.4 Å². The van der Waals surface area contributed by atoms with E-state index in [4.69, 9.17) is 4.42 Å². The van der Waals surface area contributed by atoms with Gasteiger partial charge in [0.1, 0.15) is 12.1 Å². The quantitative estimate of drug-likeness (QED) is 0.712. The monoisotopic (exact) mass is 202 g/mol. The number of Topliss-reactive ketones (excluding diaryl/α,β-unsaturated/α-hetero) is 1. The number of rotatable bonds is 3. The molecule has 0 fully saturated rings. The van der Waals surface area contributed by atoms with Gasteiger partial charge in [0.25, 0.3) is 0 Å². The van der Waals surface area contributed by atoms with E-state index in [2.05, 4.69) is 9.97 Å². The predicted molar refractivity (Wildman–Crippen MR) is 53.5 cm³/mol. The third-order valence-electron chi connectivity index (χ3n) is 2.00. The molecule has 15 heavy (non-hydrogen) atoms. The Morgan fingerprint density at radius 2 is 2.27 bits per heavy atom. The van der Waals surface area contributed by atoms with Crippen LogP contribution in [0.1, 0.15) is 22.0 Å². The van der Waals surface area contributed by atoms with Crippen molar-refractivity contribution in [2.75, 3.05) is 0 Å². The molecule has 0 spiro atoms. The lowest BCUT2D eigenvalue weighted by Gasteiger charge is -1.96. The van der Waals surface area contributed by atoms with E-state index in [1.807, 2.05) is 6.92 Å². The summed E-state index contributed by atoms with van der Waals surface area (Å²) in [5.74, 6) is 1.05. The first-order chi connectivity index (χ1) is 7.25. The second-order valence-electron chi connectivity index (χ2n) is 3.21. The molecule has 0 saturated heterocycles. The number of hydrogen-bond acceptors (Lipinski definition) is 4. The van der Waals surface area contributed by atoms with Crippen molar-refractivity contribution in [2.24, 2.45) is 0 Å². The van der Waals surface area contributed by atoms with Gasteiger partial charge in [0.15, 0.2) is 5.76 Å². The maximum Gasteiger partial charge on any atom is 0.203 e. The maximum atomic E-state index is 11.7. The van der Waals surface area contributed by atoms with Gasteiger partial charge in [-0.25, -0.2) is 9.97 Å². The van der Waals surface area contributed by atoms with Crippen LogP contribution in [0.25, 0.3) is 0 Å². The van der Waals surface area contributed by atoms with Crippen molar-refractivity contribution in [3.63, 3.8) is 0 Å². The minimum atomic E-state index is -0.0678. The normalized spacial score (nSPS) is 10.2. The Labute approximate surface area is 87.0 Å². The van der Waals surface area contributed by atoms with Gasteiger partial charge in [0.05, 0.1) is 12.1 Å². The van der Waals surface area contributed by atoms with Crippen molar-refractivity contribution in [3.05, 3.63) is 47.9 Å². The van der Waals surface area contributed by atoms with E-state index in [9.17, 15) is 4.79 Å². The second kappa shape index (κ2) is 4.04. The van der Waals surface area contributed by atoms with Gasteiger partial charge >= 0.3 is 0 Å². The van der Waals surface area contributed by atoms with Crippen LogP contribution in [-0.2, 0) is 6.42 Å². The Morgan fingerprint density at radius 1 is 1.40 bits per heavy atom. The Morgan fingerprint density at radius 3 is 2.87 bits per heavy atom. The van der Waals surface area contributed by atoms with Crippen molar-refractivity contribution >= 4 is 5.78 Å². The molecule has 0 atom stereocenters. The molecule has 0 saturated carbocycles. The number of carbonyl (C=O) groups excluding carboxylic acids is 1. The maximum absolute atomic E-state index is 11.7. The second-order valence-corrected chi connectivity index (χ2v) is 3.21. The Bertz CT molecular complexity index is 462. The minimum absolute atomic E-state index is 0.0678.